The predicted octanol–water partition coefficient (Wildman–Crippen LogP) is 6.36. The fourth-order valence-corrected chi connectivity index (χ4v) is 4.92. The van der Waals surface area contributed by atoms with Gasteiger partial charge in [-0.2, -0.15) is 0 Å². The Bertz CT molecular complexity index is 1320. The Balaban J connectivity index is 1.39. The number of hydrogen-bond acceptors (Lipinski definition) is 5. The van der Waals surface area contributed by atoms with Crippen LogP contribution in [0.15, 0.2) is 121 Å². The Kier molecular flexibility index (Phi) is 10.7. The van der Waals surface area contributed by atoms with E-state index >= 15 is 0 Å². The second kappa shape index (κ2) is 15.3. The van der Waals surface area contributed by atoms with Crippen LogP contribution in [-0.2, 0) is 50.1 Å². The van der Waals surface area contributed by atoms with Gasteiger partial charge in [-0.15, -0.1) is 6.42 Å². The molecular formula is C36H36O5. The van der Waals surface area contributed by atoms with E-state index in [1.54, 1.807) is 0 Å². The third kappa shape index (κ3) is 8.37. The van der Waals surface area contributed by atoms with Crippen molar-refractivity contribution in [3.05, 3.63) is 144 Å². The molecule has 1 saturated heterocycles. The molecule has 0 bridgehead atoms. The van der Waals surface area contributed by atoms with Crippen LogP contribution in [0.3, 0.4) is 0 Å². The molecule has 0 radical (unpaired) electrons. The minimum absolute atomic E-state index is 0.295. The Morgan fingerprint density at radius 2 is 0.902 bits per heavy atom. The third-order valence-electron chi connectivity index (χ3n) is 7.05. The molecule has 1 aliphatic rings. The van der Waals surface area contributed by atoms with Crippen LogP contribution in [0.2, 0.25) is 0 Å². The van der Waals surface area contributed by atoms with Crippen LogP contribution in [0.25, 0.3) is 0 Å². The highest BCUT2D eigenvalue weighted by molar-refractivity contribution is 5.17. The highest BCUT2D eigenvalue weighted by atomic mass is 16.6. The molecule has 0 spiro atoms. The second-order valence-corrected chi connectivity index (χ2v) is 10.0. The van der Waals surface area contributed by atoms with Crippen molar-refractivity contribution < 1.29 is 23.7 Å². The van der Waals surface area contributed by atoms with E-state index in [2.05, 4.69) is 5.92 Å². The lowest BCUT2D eigenvalue weighted by atomic mass is 9.94. The molecule has 0 saturated carbocycles. The van der Waals surface area contributed by atoms with Gasteiger partial charge in [0.2, 0.25) is 0 Å². The van der Waals surface area contributed by atoms with E-state index in [1.807, 2.05) is 121 Å². The topological polar surface area (TPSA) is 46.2 Å². The molecule has 4 aromatic rings. The van der Waals surface area contributed by atoms with E-state index in [1.165, 1.54) is 0 Å². The van der Waals surface area contributed by atoms with Gasteiger partial charge in [0, 0.05) is 0 Å². The summed E-state index contributed by atoms with van der Waals surface area (Å²) in [5, 5.41) is 0. The fraction of sp³-hybridized carbons (Fsp3) is 0.278. The highest BCUT2D eigenvalue weighted by Crippen LogP contribution is 2.31. The number of hydrogen-bond donors (Lipinski definition) is 0. The van der Waals surface area contributed by atoms with Gasteiger partial charge in [0.1, 0.15) is 30.5 Å². The highest BCUT2D eigenvalue weighted by Gasteiger charge is 2.48. The maximum atomic E-state index is 6.62. The normalized spacial score (nSPS) is 22.2. The Morgan fingerprint density at radius 3 is 1.34 bits per heavy atom. The number of ether oxygens (including phenoxy) is 5. The van der Waals surface area contributed by atoms with Crippen molar-refractivity contribution in [2.24, 2.45) is 0 Å². The summed E-state index contributed by atoms with van der Waals surface area (Å²) in [4.78, 5) is 0. The van der Waals surface area contributed by atoms with Crippen LogP contribution in [0.4, 0.5) is 0 Å². The van der Waals surface area contributed by atoms with Crippen molar-refractivity contribution in [3.8, 4) is 12.3 Å². The first-order valence-electron chi connectivity index (χ1n) is 14.0. The zero-order valence-corrected chi connectivity index (χ0v) is 23.1. The molecule has 1 aliphatic heterocycles. The van der Waals surface area contributed by atoms with E-state index in [0.717, 1.165) is 22.3 Å². The van der Waals surface area contributed by atoms with Crippen LogP contribution in [0.5, 0.6) is 0 Å². The standard InChI is InChI=1S/C36H36O5/c1-2-32-34(38-24-29-17-9-4-10-18-29)36(40-26-31-21-13-6-14-22-31)35(39-25-30-19-11-5-12-20-30)33(41-32)27-37-23-28-15-7-3-8-16-28/h1,3-22,32-36H,23-27H2/t32-,33-,34+,35-,36-/m1/s1. The Morgan fingerprint density at radius 1 is 0.512 bits per heavy atom. The van der Waals surface area contributed by atoms with E-state index in [9.17, 15) is 0 Å². The molecule has 0 N–H and O–H groups in total. The van der Waals surface area contributed by atoms with E-state index < -0.39 is 30.5 Å². The molecule has 1 fully saturated rings. The predicted molar refractivity (Wildman–Crippen MR) is 159 cm³/mol. The summed E-state index contributed by atoms with van der Waals surface area (Å²) in [6, 6.07) is 40.2. The summed E-state index contributed by atoms with van der Waals surface area (Å²) < 4.78 is 32.3. The van der Waals surface area contributed by atoms with Gasteiger partial charge in [-0.25, -0.2) is 0 Å². The quantitative estimate of drug-likeness (QED) is 0.182. The minimum atomic E-state index is -0.638. The second-order valence-electron chi connectivity index (χ2n) is 10.0. The molecule has 0 amide bonds. The summed E-state index contributed by atoms with van der Waals surface area (Å²) >= 11 is 0. The molecule has 41 heavy (non-hydrogen) atoms. The lowest BCUT2D eigenvalue weighted by molar-refractivity contribution is -0.261. The Labute approximate surface area is 243 Å². The van der Waals surface area contributed by atoms with Crippen molar-refractivity contribution >= 4 is 0 Å². The largest absolute Gasteiger partial charge is 0.374 e. The maximum absolute atomic E-state index is 6.62. The zero-order valence-electron chi connectivity index (χ0n) is 23.1. The van der Waals surface area contributed by atoms with Crippen LogP contribution < -0.4 is 0 Å². The first kappa shape index (κ1) is 28.8. The molecule has 5 nitrogen and oxygen atoms in total. The van der Waals surface area contributed by atoms with Crippen molar-refractivity contribution in [1.29, 1.82) is 0 Å². The molecule has 0 unspecified atom stereocenters. The van der Waals surface area contributed by atoms with Crippen LogP contribution in [-0.4, -0.2) is 37.1 Å². The van der Waals surface area contributed by atoms with Crippen LogP contribution in [0, 0.1) is 12.3 Å². The van der Waals surface area contributed by atoms with Gasteiger partial charge >= 0.3 is 0 Å². The Hall–Kier alpha value is -3.76. The van der Waals surface area contributed by atoms with Crippen molar-refractivity contribution in [1.82, 2.24) is 0 Å². The van der Waals surface area contributed by atoms with Gasteiger partial charge in [-0.1, -0.05) is 127 Å². The molecule has 0 aliphatic carbocycles. The molecule has 4 aromatic carbocycles. The van der Waals surface area contributed by atoms with Gasteiger partial charge in [-0.05, 0) is 22.3 Å². The minimum Gasteiger partial charge on any atom is -0.374 e. The summed E-state index contributed by atoms with van der Waals surface area (Å²) in [6.07, 6.45) is 3.41. The van der Waals surface area contributed by atoms with E-state index in [4.69, 9.17) is 30.1 Å². The lowest BCUT2D eigenvalue weighted by Crippen LogP contribution is -2.60. The average Bonchev–Trinajstić information content (AvgIpc) is 3.04. The van der Waals surface area contributed by atoms with Crippen molar-refractivity contribution in [2.45, 2.75) is 56.9 Å². The molecule has 5 heteroatoms. The summed E-state index contributed by atoms with van der Waals surface area (Å²) in [5.41, 5.74) is 4.23. The summed E-state index contributed by atoms with van der Waals surface area (Å²) in [6.45, 7) is 1.90. The van der Waals surface area contributed by atoms with Gasteiger partial charge in [0.15, 0.2) is 0 Å². The van der Waals surface area contributed by atoms with Crippen LogP contribution in [0.1, 0.15) is 22.3 Å². The molecule has 1 heterocycles. The molecule has 5 atom stereocenters. The van der Waals surface area contributed by atoms with Crippen molar-refractivity contribution in [3.63, 3.8) is 0 Å². The first-order valence-corrected chi connectivity index (χ1v) is 14.0. The van der Waals surface area contributed by atoms with Gasteiger partial charge in [0.25, 0.3) is 0 Å². The van der Waals surface area contributed by atoms with Gasteiger partial charge in [0.05, 0.1) is 33.0 Å². The molecule has 0 aromatic heterocycles. The number of benzene rings is 4. The zero-order chi connectivity index (χ0) is 28.1. The SMILES string of the molecule is C#C[C@H]1O[C@H](COCc2ccccc2)[C@@H](OCc2ccccc2)[C@H](OCc2ccccc2)[C@H]1OCc1ccccc1. The van der Waals surface area contributed by atoms with E-state index in [0.29, 0.717) is 33.0 Å². The molecule has 5 rings (SSSR count). The summed E-state index contributed by atoms with van der Waals surface area (Å²) in [5.74, 6) is 2.81. The first-order chi connectivity index (χ1) is 20.3. The fourth-order valence-electron chi connectivity index (χ4n) is 4.92. The van der Waals surface area contributed by atoms with Crippen LogP contribution >= 0.6 is 0 Å². The summed E-state index contributed by atoms with van der Waals surface area (Å²) in [7, 11) is 0. The van der Waals surface area contributed by atoms with E-state index in [-0.39, 0.29) is 0 Å². The number of terminal acetylenes is 1. The monoisotopic (exact) mass is 548 g/mol. The van der Waals surface area contributed by atoms with Gasteiger partial charge in [-0.3, -0.25) is 0 Å². The van der Waals surface area contributed by atoms with Crippen molar-refractivity contribution in [2.75, 3.05) is 6.61 Å². The third-order valence-corrected chi connectivity index (χ3v) is 7.05. The van der Waals surface area contributed by atoms with Gasteiger partial charge < -0.3 is 23.7 Å². The smallest absolute Gasteiger partial charge is 0.147 e. The molecular weight excluding hydrogens is 512 g/mol. The lowest BCUT2D eigenvalue weighted by Gasteiger charge is -2.44. The average molecular weight is 549 g/mol. The maximum Gasteiger partial charge on any atom is 0.147 e. The number of rotatable bonds is 13. The molecule has 210 valence electrons.